The molecule has 2 fully saturated rings. The summed E-state index contributed by atoms with van der Waals surface area (Å²) in [7, 11) is 0. The highest BCUT2D eigenvalue weighted by Gasteiger charge is 2.37. The highest BCUT2D eigenvalue weighted by Crippen LogP contribution is 2.44. The van der Waals surface area contributed by atoms with Crippen molar-refractivity contribution in [3.8, 4) is 0 Å². The van der Waals surface area contributed by atoms with E-state index in [-0.39, 0.29) is 0 Å². The average molecular weight is 157 g/mol. The topological polar surface area (TPSA) is 12.0 Å². The number of hydrogen-bond donors (Lipinski definition) is 1. The molecule has 58 valence electrons. The van der Waals surface area contributed by atoms with Crippen molar-refractivity contribution >= 4 is 11.8 Å². The Morgan fingerprint density at radius 2 is 2.00 bits per heavy atom. The fraction of sp³-hybridized carbons (Fsp3) is 1.00. The third-order valence-corrected chi connectivity index (χ3v) is 4.34. The summed E-state index contributed by atoms with van der Waals surface area (Å²) in [6.07, 6.45) is 4.31. The molecule has 0 saturated carbocycles. The van der Waals surface area contributed by atoms with Gasteiger partial charge in [0, 0.05) is 0 Å². The predicted octanol–water partition coefficient (Wildman–Crippen LogP) is 1.49. The largest absolute Gasteiger partial charge is 0.317 e. The third kappa shape index (κ3) is 1.19. The van der Waals surface area contributed by atoms with E-state index >= 15 is 0 Å². The Balaban J connectivity index is 1.92. The SMILES string of the molecule is C1CNCCC2(C1)CSC2. The van der Waals surface area contributed by atoms with Crippen LogP contribution in [0.2, 0.25) is 0 Å². The lowest BCUT2D eigenvalue weighted by Gasteiger charge is -2.40. The Kier molecular flexibility index (Phi) is 1.92. The first-order valence-corrected chi connectivity index (χ1v) is 5.35. The zero-order chi connectivity index (χ0) is 6.86. The summed E-state index contributed by atoms with van der Waals surface area (Å²) >= 11 is 2.12. The van der Waals surface area contributed by atoms with Crippen molar-refractivity contribution < 1.29 is 0 Å². The van der Waals surface area contributed by atoms with Gasteiger partial charge >= 0.3 is 0 Å². The van der Waals surface area contributed by atoms with Crippen LogP contribution in [0.1, 0.15) is 19.3 Å². The molecule has 0 aromatic carbocycles. The van der Waals surface area contributed by atoms with Crippen LogP contribution in [0.4, 0.5) is 0 Å². The number of nitrogens with one attached hydrogen (secondary N) is 1. The van der Waals surface area contributed by atoms with Crippen molar-refractivity contribution in [2.45, 2.75) is 19.3 Å². The summed E-state index contributed by atoms with van der Waals surface area (Å²) in [6.45, 7) is 2.52. The van der Waals surface area contributed by atoms with Crippen LogP contribution in [0, 0.1) is 5.41 Å². The Morgan fingerprint density at radius 3 is 2.70 bits per heavy atom. The molecule has 2 aliphatic rings. The maximum atomic E-state index is 3.46. The number of rotatable bonds is 0. The molecule has 2 heterocycles. The summed E-state index contributed by atoms with van der Waals surface area (Å²) in [5.41, 5.74) is 0.786. The van der Waals surface area contributed by atoms with Crippen LogP contribution < -0.4 is 5.32 Å². The molecule has 2 aliphatic heterocycles. The second-order valence-corrected chi connectivity index (χ2v) is 4.58. The molecule has 1 spiro atoms. The summed E-state index contributed by atoms with van der Waals surface area (Å²) < 4.78 is 0. The second-order valence-electron chi connectivity index (χ2n) is 3.60. The van der Waals surface area contributed by atoms with Crippen molar-refractivity contribution in [1.82, 2.24) is 5.32 Å². The van der Waals surface area contributed by atoms with Crippen molar-refractivity contribution in [3.05, 3.63) is 0 Å². The molecule has 0 bridgehead atoms. The Hall–Kier alpha value is 0.310. The van der Waals surface area contributed by atoms with E-state index in [2.05, 4.69) is 17.1 Å². The van der Waals surface area contributed by atoms with E-state index in [1.54, 1.807) is 0 Å². The van der Waals surface area contributed by atoms with Crippen LogP contribution in [0.5, 0.6) is 0 Å². The van der Waals surface area contributed by atoms with E-state index in [1.165, 1.54) is 43.9 Å². The molecule has 0 aromatic heterocycles. The van der Waals surface area contributed by atoms with E-state index in [1.807, 2.05) is 0 Å². The van der Waals surface area contributed by atoms with Gasteiger partial charge in [0.05, 0.1) is 0 Å². The Morgan fingerprint density at radius 1 is 1.10 bits per heavy atom. The van der Waals surface area contributed by atoms with Crippen LogP contribution in [-0.2, 0) is 0 Å². The third-order valence-electron chi connectivity index (χ3n) is 2.71. The first kappa shape index (κ1) is 6.99. The van der Waals surface area contributed by atoms with Crippen molar-refractivity contribution in [2.75, 3.05) is 24.6 Å². The van der Waals surface area contributed by atoms with Gasteiger partial charge in [-0.2, -0.15) is 11.8 Å². The maximum absolute atomic E-state index is 3.46. The summed E-state index contributed by atoms with van der Waals surface area (Å²) in [6, 6.07) is 0. The van der Waals surface area contributed by atoms with E-state index < -0.39 is 0 Å². The van der Waals surface area contributed by atoms with Gasteiger partial charge < -0.3 is 5.32 Å². The molecule has 0 radical (unpaired) electrons. The molecule has 1 N–H and O–H groups in total. The minimum atomic E-state index is 0.786. The molecule has 0 aliphatic carbocycles. The van der Waals surface area contributed by atoms with Crippen molar-refractivity contribution in [1.29, 1.82) is 0 Å². The smallest absolute Gasteiger partial charge is 0.000220 e. The molecule has 0 unspecified atom stereocenters. The van der Waals surface area contributed by atoms with Gasteiger partial charge in [-0.25, -0.2) is 0 Å². The van der Waals surface area contributed by atoms with E-state index in [0.717, 1.165) is 5.41 Å². The van der Waals surface area contributed by atoms with Crippen molar-refractivity contribution in [2.24, 2.45) is 5.41 Å². The minimum Gasteiger partial charge on any atom is -0.317 e. The molecule has 10 heavy (non-hydrogen) atoms. The van der Waals surface area contributed by atoms with Gasteiger partial charge in [0.2, 0.25) is 0 Å². The van der Waals surface area contributed by atoms with Gasteiger partial charge in [-0.15, -0.1) is 0 Å². The fourth-order valence-corrected chi connectivity index (χ4v) is 3.23. The standard InChI is InChI=1S/C8H15NS/c1-2-8(6-10-7-8)3-5-9-4-1/h9H,1-7H2. The van der Waals surface area contributed by atoms with E-state index in [0.29, 0.717) is 0 Å². The zero-order valence-corrected chi connectivity index (χ0v) is 7.17. The maximum Gasteiger partial charge on any atom is -0.000220 e. The summed E-state index contributed by atoms with van der Waals surface area (Å²) in [5.74, 6) is 2.88. The first-order valence-electron chi connectivity index (χ1n) is 4.20. The minimum absolute atomic E-state index is 0.786. The van der Waals surface area contributed by atoms with Crippen LogP contribution in [0.3, 0.4) is 0 Å². The molecule has 1 nitrogen and oxygen atoms in total. The normalized spacial score (nSPS) is 31.2. The Labute approximate surface area is 67.0 Å². The molecule has 0 atom stereocenters. The van der Waals surface area contributed by atoms with Crippen LogP contribution >= 0.6 is 11.8 Å². The quantitative estimate of drug-likeness (QED) is 0.572. The first-order chi connectivity index (χ1) is 4.91. The highest BCUT2D eigenvalue weighted by atomic mass is 32.2. The summed E-state index contributed by atoms with van der Waals surface area (Å²) in [5, 5.41) is 3.46. The summed E-state index contributed by atoms with van der Waals surface area (Å²) in [4.78, 5) is 0. The van der Waals surface area contributed by atoms with Gasteiger partial charge in [0.15, 0.2) is 0 Å². The van der Waals surface area contributed by atoms with Gasteiger partial charge in [-0.1, -0.05) is 0 Å². The monoisotopic (exact) mass is 157 g/mol. The van der Waals surface area contributed by atoms with E-state index in [9.17, 15) is 0 Å². The lowest BCUT2D eigenvalue weighted by atomic mass is 9.84. The number of thioether (sulfide) groups is 1. The highest BCUT2D eigenvalue weighted by molar-refractivity contribution is 8.00. The molecule has 2 rings (SSSR count). The average Bonchev–Trinajstić information content (AvgIpc) is 2.08. The molecule has 2 heteroatoms. The second kappa shape index (κ2) is 2.74. The Bertz CT molecular complexity index is 110. The van der Waals surface area contributed by atoms with Crippen LogP contribution in [-0.4, -0.2) is 24.6 Å². The van der Waals surface area contributed by atoms with Gasteiger partial charge in [-0.05, 0) is 49.3 Å². The van der Waals surface area contributed by atoms with Crippen LogP contribution in [0.25, 0.3) is 0 Å². The molecule has 0 aromatic rings. The molecular weight excluding hydrogens is 142 g/mol. The zero-order valence-electron chi connectivity index (χ0n) is 6.36. The van der Waals surface area contributed by atoms with E-state index in [4.69, 9.17) is 0 Å². The van der Waals surface area contributed by atoms with Crippen molar-refractivity contribution in [3.63, 3.8) is 0 Å². The lowest BCUT2D eigenvalue weighted by Crippen LogP contribution is -2.36. The fourth-order valence-electron chi connectivity index (χ4n) is 1.87. The van der Waals surface area contributed by atoms with Gasteiger partial charge in [-0.3, -0.25) is 0 Å². The van der Waals surface area contributed by atoms with Gasteiger partial charge in [0.25, 0.3) is 0 Å². The molecule has 2 saturated heterocycles. The molecule has 0 amide bonds. The van der Waals surface area contributed by atoms with Gasteiger partial charge in [0.1, 0.15) is 0 Å². The lowest BCUT2D eigenvalue weighted by molar-refractivity contribution is 0.319. The predicted molar refractivity (Wildman–Crippen MR) is 46.5 cm³/mol. The van der Waals surface area contributed by atoms with Crippen LogP contribution in [0.15, 0.2) is 0 Å². The molecular formula is C8H15NS. The number of hydrogen-bond acceptors (Lipinski definition) is 2.